The lowest BCUT2D eigenvalue weighted by Crippen LogP contribution is -2.49. The van der Waals surface area contributed by atoms with E-state index in [1.54, 1.807) is 19.2 Å². The van der Waals surface area contributed by atoms with Crippen molar-refractivity contribution in [2.24, 2.45) is 0 Å². The molecule has 0 saturated carbocycles. The SMILES string of the molecule is CN(C(=O)C(Cc1ccccc1)NC(=O)Cn1nc(C(F)(F)F)c2c1CCCCC2)c1ccccc1. The van der Waals surface area contributed by atoms with Crippen molar-refractivity contribution in [2.45, 2.75) is 57.3 Å². The summed E-state index contributed by atoms with van der Waals surface area (Å²) in [6.45, 7) is -0.383. The zero-order valence-corrected chi connectivity index (χ0v) is 20.1. The van der Waals surface area contributed by atoms with E-state index in [0.29, 0.717) is 30.6 Å². The Kier molecular flexibility index (Phi) is 7.76. The number of amides is 2. The van der Waals surface area contributed by atoms with Crippen LogP contribution in [-0.4, -0.2) is 34.7 Å². The summed E-state index contributed by atoms with van der Waals surface area (Å²) >= 11 is 0. The first-order valence-electron chi connectivity index (χ1n) is 12.1. The van der Waals surface area contributed by atoms with Crippen LogP contribution in [-0.2, 0) is 41.6 Å². The Hall–Kier alpha value is -3.62. The maximum Gasteiger partial charge on any atom is 0.435 e. The van der Waals surface area contributed by atoms with E-state index in [1.807, 2.05) is 48.5 Å². The minimum Gasteiger partial charge on any atom is -0.342 e. The standard InChI is InChI=1S/C27H29F3N4O2/c1-33(20-13-7-3-8-14-20)26(36)22(17-19-11-5-2-6-12-19)31-24(35)18-34-23-16-10-4-9-15-21(23)25(32-34)27(28,29)30/h2-3,5-8,11-14,22H,4,9-10,15-18H2,1H3,(H,31,35). The number of anilines is 1. The molecule has 0 aliphatic heterocycles. The first kappa shape index (κ1) is 25.5. The van der Waals surface area contributed by atoms with Gasteiger partial charge in [0.2, 0.25) is 11.8 Å². The molecule has 2 aromatic carbocycles. The number of halogens is 3. The molecule has 9 heteroatoms. The second kappa shape index (κ2) is 11.0. The number of carbonyl (C=O) groups is 2. The van der Waals surface area contributed by atoms with E-state index >= 15 is 0 Å². The molecule has 1 unspecified atom stereocenters. The van der Waals surface area contributed by atoms with Gasteiger partial charge in [0.1, 0.15) is 12.6 Å². The minimum atomic E-state index is -4.58. The Balaban J connectivity index is 1.57. The molecule has 1 aliphatic carbocycles. The average molecular weight is 499 g/mol. The zero-order valence-electron chi connectivity index (χ0n) is 20.1. The molecule has 36 heavy (non-hydrogen) atoms. The minimum absolute atomic E-state index is 0.188. The molecule has 2 amide bonds. The van der Waals surface area contributed by atoms with E-state index in [2.05, 4.69) is 10.4 Å². The summed E-state index contributed by atoms with van der Waals surface area (Å²) in [4.78, 5) is 27.9. The molecule has 0 radical (unpaired) electrons. The number of hydrogen-bond acceptors (Lipinski definition) is 3. The first-order valence-corrected chi connectivity index (χ1v) is 12.1. The molecule has 0 saturated heterocycles. The molecule has 4 rings (SSSR count). The summed E-state index contributed by atoms with van der Waals surface area (Å²) in [6, 6.07) is 17.4. The van der Waals surface area contributed by atoms with Crippen molar-refractivity contribution in [3.8, 4) is 0 Å². The van der Waals surface area contributed by atoms with Gasteiger partial charge in [0.15, 0.2) is 5.69 Å². The quantitative estimate of drug-likeness (QED) is 0.486. The number of aromatic nitrogens is 2. The van der Waals surface area contributed by atoms with Crippen molar-refractivity contribution in [1.82, 2.24) is 15.1 Å². The fourth-order valence-corrected chi connectivity index (χ4v) is 4.64. The van der Waals surface area contributed by atoms with Crippen LogP contribution in [0, 0.1) is 0 Å². The molecule has 6 nitrogen and oxygen atoms in total. The Morgan fingerprint density at radius 1 is 1.00 bits per heavy atom. The van der Waals surface area contributed by atoms with Gasteiger partial charge in [-0.05, 0) is 43.4 Å². The highest BCUT2D eigenvalue weighted by Crippen LogP contribution is 2.35. The van der Waals surface area contributed by atoms with E-state index < -0.39 is 23.8 Å². The van der Waals surface area contributed by atoms with E-state index in [-0.39, 0.29) is 24.4 Å². The molecule has 1 N–H and O–H groups in total. The summed E-state index contributed by atoms with van der Waals surface area (Å²) in [5.74, 6) is -0.886. The predicted octanol–water partition coefficient (Wildman–Crippen LogP) is 4.56. The van der Waals surface area contributed by atoms with Crippen molar-refractivity contribution in [1.29, 1.82) is 0 Å². The lowest BCUT2D eigenvalue weighted by atomic mass is 10.0. The summed E-state index contributed by atoms with van der Waals surface area (Å²) in [6.07, 6.45) is -1.37. The van der Waals surface area contributed by atoms with Gasteiger partial charge in [-0.25, -0.2) is 0 Å². The van der Waals surface area contributed by atoms with Crippen molar-refractivity contribution in [3.63, 3.8) is 0 Å². The summed E-state index contributed by atoms with van der Waals surface area (Å²) in [7, 11) is 1.63. The highest BCUT2D eigenvalue weighted by molar-refractivity contribution is 5.99. The van der Waals surface area contributed by atoms with E-state index in [1.165, 1.54) is 9.58 Å². The van der Waals surface area contributed by atoms with Crippen LogP contribution in [0.5, 0.6) is 0 Å². The number of nitrogens with one attached hydrogen (secondary N) is 1. The molecule has 0 fully saturated rings. The van der Waals surface area contributed by atoms with Gasteiger partial charge in [-0.2, -0.15) is 18.3 Å². The van der Waals surface area contributed by atoms with Crippen LogP contribution in [0.15, 0.2) is 60.7 Å². The second-order valence-electron chi connectivity index (χ2n) is 9.03. The molecule has 0 spiro atoms. The number of benzene rings is 2. The third kappa shape index (κ3) is 5.95. The molecule has 190 valence electrons. The zero-order chi connectivity index (χ0) is 25.7. The predicted molar refractivity (Wildman–Crippen MR) is 130 cm³/mol. The molecule has 3 aromatic rings. The van der Waals surface area contributed by atoms with Crippen LogP contribution in [0.3, 0.4) is 0 Å². The summed E-state index contributed by atoms with van der Waals surface area (Å²) in [5, 5.41) is 6.56. The molecule has 1 aliphatic rings. The highest BCUT2D eigenvalue weighted by Gasteiger charge is 2.39. The molecule has 1 aromatic heterocycles. The van der Waals surface area contributed by atoms with Crippen LogP contribution in [0.1, 0.15) is 41.8 Å². The Labute approximate surface area is 208 Å². The first-order chi connectivity index (χ1) is 17.2. The molecule has 0 bridgehead atoms. The molecular formula is C27H29F3N4O2. The number of hydrogen-bond donors (Lipinski definition) is 1. The van der Waals surface area contributed by atoms with Crippen molar-refractivity contribution in [3.05, 3.63) is 83.2 Å². The monoisotopic (exact) mass is 498 g/mol. The topological polar surface area (TPSA) is 67.2 Å². The van der Waals surface area contributed by atoms with Gasteiger partial charge >= 0.3 is 6.18 Å². The largest absolute Gasteiger partial charge is 0.435 e. The molecule has 1 atom stereocenters. The number of likely N-dealkylation sites (N-methyl/N-ethyl adjacent to an activating group) is 1. The Morgan fingerprint density at radius 3 is 2.31 bits per heavy atom. The van der Waals surface area contributed by atoms with Crippen molar-refractivity contribution >= 4 is 17.5 Å². The number of fused-ring (bicyclic) bond motifs is 1. The van der Waals surface area contributed by atoms with Crippen LogP contribution >= 0.6 is 0 Å². The van der Waals surface area contributed by atoms with E-state index in [4.69, 9.17) is 0 Å². The Bertz CT molecular complexity index is 1190. The Morgan fingerprint density at radius 2 is 1.64 bits per heavy atom. The fraction of sp³-hybridized carbons (Fsp3) is 0.370. The maximum atomic E-state index is 13.6. The maximum absolute atomic E-state index is 13.6. The van der Waals surface area contributed by atoms with Crippen LogP contribution in [0.25, 0.3) is 0 Å². The number of rotatable bonds is 7. The van der Waals surface area contributed by atoms with Crippen molar-refractivity contribution in [2.75, 3.05) is 11.9 Å². The van der Waals surface area contributed by atoms with Gasteiger partial charge in [0, 0.05) is 30.4 Å². The van der Waals surface area contributed by atoms with Gasteiger partial charge in [-0.1, -0.05) is 55.0 Å². The van der Waals surface area contributed by atoms with Crippen LogP contribution in [0.4, 0.5) is 18.9 Å². The average Bonchev–Trinajstić information content (AvgIpc) is 3.04. The lowest BCUT2D eigenvalue weighted by Gasteiger charge is -2.25. The molecule has 1 heterocycles. The summed E-state index contributed by atoms with van der Waals surface area (Å²) in [5.41, 5.74) is 1.26. The van der Waals surface area contributed by atoms with Gasteiger partial charge in [-0.15, -0.1) is 0 Å². The van der Waals surface area contributed by atoms with E-state index in [0.717, 1.165) is 18.4 Å². The van der Waals surface area contributed by atoms with Crippen LogP contribution in [0.2, 0.25) is 0 Å². The van der Waals surface area contributed by atoms with E-state index in [9.17, 15) is 22.8 Å². The summed E-state index contributed by atoms with van der Waals surface area (Å²) < 4.78 is 42.1. The highest BCUT2D eigenvalue weighted by atomic mass is 19.4. The van der Waals surface area contributed by atoms with Gasteiger partial charge in [0.25, 0.3) is 0 Å². The fourth-order valence-electron chi connectivity index (χ4n) is 4.64. The van der Waals surface area contributed by atoms with Gasteiger partial charge in [-0.3, -0.25) is 14.3 Å². The normalized spacial score (nSPS) is 14.4. The number of para-hydroxylation sites is 1. The number of alkyl halides is 3. The van der Waals surface area contributed by atoms with Gasteiger partial charge in [0.05, 0.1) is 0 Å². The number of carbonyl (C=O) groups excluding carboxylic acids is 2. The second-order valence-corrected chi connectivity index (χ2v) is 9.03. The van der Waals surface area contributed by atoms with Gasteiger partial charge < -0.3 is 10.2 Å². The lowest BCUT2D eigenvalue weighted by molar-refractivity contribution is -0.142. The number of nitrogens with zero attached hydrogens (tertiary/aromatic N) is 3. The van der Waals surface area contributed by atoms with Crippen LogP contribution < -0.4 is 10.2 Å². The van der Waals surface area contributed by atoms with Crippen molar-refractivity contribution < 1.29 is 22.8 Å². The smallest absolute Gasteiger partial charge is 0.342 e. The third-order valence-corrected chi connectivity index (χ3v) is 6.46. The third-order valence-electron chi connectivity index (χ3n) is 6.46. The molecular weight excluding hydrogens is 469 g/mol.